The van der Waals surface area contributed by atoms with Crippen LogP contribution in [0, 0.1) is 5.41 Å². The predicted octanol–water partition coefficient (Wildman–Crippen LogP) is 3.38. The fourth-order valence-corrected chi connectivity index (χ4v) is 4.59. The van der Waals surface area contributed by atoms with Crippen molar-refractivity contribution in [3.05, 3.63) is 34.7 Å². The van der Waals surface area contributed by atoms with E-state index in [0.717, 1.165) is 17.7 Å². The number of nitrogens with zero attached hydrogens (tertiary/aromatic N) is 1. The molecule has 0 atom stereocenters. The number of carbonyl (C=O) groups excluding carboxylic acids is 1. The molecule has 1 aromatic heterocycles. The number of ether oxygens (including phenoxy) is 1. The van der Waals surface area contributed by atoms with E-state index in [9.17, 15) is 4.79 Å². The molecule has 0 bridgehead atoms. The summed E-state index contributed by atoms with van der Waals surface area (Å²) < 4.78 is 5.39. The van der Waals surface area contributed by atoms with Crippen molar-refractivity contribution < 1.29 is 9.53 Å². The minimum atomic E-state index is -0.532. The van der Waals surface area contributed by atoms with Crippen molar-refractivity contribution >= 4 is 22.4 Å². The third-order valence-electron chi connectivity index (χ3n) is 5.69. The highest BCUT2D eigenvalue weighted by Crippen LogP contribution is 2.33. The number of rotatable bonds is 4. The number of nitrogens with one attached hydrogen (secondary N) is 1. The number of thiazole rings is 1. The van der Waals surface area contributed by atoms with Crippen LogP contribution in [0.4, 0.5) is 5.13 Å². The van der Waals surface area contributed by atoms with Gasteiger partial charge in [0.2, 0.25) is 5.91 Å². The second kappa shape index (κ2) is 7.47. The zero-order valence-electron chi connectivity index (χ0n) is 14.9. The Morgan fingerprint density at radius 3 is 2.77 bits per heavy atom. The Labute approximate surface area is 158 Å². The number of hydrogen-bond donors (Lipinski definition) is 2. The largest absolute Gasteiger partial charge is 0.381 e. The summed E-state index contributed by atoms with van der Waals surface area (Å²) in [5, 5.41) is 5.64. The number of anilines is 1. The summed E-state index contributed by atoms with van der Waals surface area (Å²) in [6.07, 6.45) is 6.21. The van der Waals surface area contributed by atoms with Gasteiger partial charge in [-0.05, 0) is 55.7 Å². The van der Waals surface area contributed by atoms with Gasteiger partial charge in [-0.1, -0.05) is 12.1 Å². The van der Waals surface area contributed by atoms with Crippen molar-refractivity contribution in [2.24, 2.45) is 11.1 Å². The van der Waals surface area contributed by atoms with Gasteiger partial charge in [0.15, 0.2) is 5.13 Å². The average molecular weight is 372 g/mol. The molecule has 1 aliphatic carbocycles. The van der Waals surface area contributed by atoms with Crippen LogP contribution in [0.3, 0.4) is 0 Å². The van der Waals surface area contributed by atoms with Crippen LogP contribution in [-0.4, -0.2) is 30.6 Å². The number of hydrogen-bond acceptors (Lipinski definition) is 5. The average Bonchev–Trinajstić information content (AvgIpc) is 3.16. The van der Waals surface area contributed by atoms with Gasteiger partial charge in [-0.2, -0.15) is 0 Å². The minimum Gasteiger partial charge on any atom is -0.381 e. The molecule has 2 aromatic rings. The highest BCUT2D eigenvalue weighted by molar-refractivity contribution is 7.14. The second-order valence-corrected chi connectivity index (χ2v) is 8.14. The summed E-state index contributed by atoms with van der Waals surface area (Å²) in [6, 6.07) is 6.63. The van der Waals surface area contributed by atoms with E-state index in [0.29, 0.717) is 37.7 Å². The number of aromatic nitrogens is 1. The first kappa shape index (κ1) is 17.6. The predicted molar refractivity (Wildman–Crippen MR) is 104 cm³/mol. The molecular formula is C20H25N3O2S. The maximum atomic E-state index is 12.8. The van der Waals surface area contributed by atoms with Crippen LogP contribution in [0.2, 0.25) is 0 Å². The van der Waals surface area contributed by atoms with E-state index in [4.69, 9.17) is 10.5 Å². The number of amides is 1. The van der Waals surface area contributed by atoms with Crippen molar-refractivity contribution in [1.29, 1.82) is 0 Å². The monoisotopic (exact) mass is 371 g/mol. The molecule has 1 saturated heterocycles. The quantitative estimate of drug-likeness (QED) is 0.864. The summed E-state index contributed by atoms with van der Waals surface area (Å²) >= 11 is 1.47. The first-order chi connectivity index (χ1) is 12.7. The summed E-state index contributed by atoms with van der Waals surface area (Å²) in [5.41, 5.74) is 10.3. The van der Waals surface area contributed by atoms with Gasteiger partial charge >= 0.3 is 0 Å². The lowest BCUT2D eigenvalue weighted by molar-refractivity contribution is -0.130. The number of nitrogens with two attached hydrogens (primary N) is 1. The van der Waals surface area contributed by atoms with E-state index < -0.39 is 5.41 Å². The Hall–Kier alpha value is -1.76. The molecule has 0 unspecified atom stereocenters. The SMILES string of the molecule is NCC1(C(=O)Nc2nc(-c3ccc4c(c3)CCCC4)cs2)CCOCC1. The maximum Gasteiger partial charge on any atom is 0.233 e. The fraction of sp³-hybridized carbons (Fsp3) is 0.500. The van der Waals surface area contributed by atoms with Crippen molar-refractivity contribution in [2.75, 3.05) is 25.1 Å². The van der Waals surface area contributed by atoms with Crippen molar-refractivity contribution in [2.45, 2.75) is 38.5 Å². The third-order valence-corrected chi connectivity index (χ3v) is 6.45. The molecule has 26 heavy (non-hydrogen) atoms. The smallest absolute Gasteiger partial charge is 0.233 e. The molecule has 6 heteroatoms. The van der Waals surface area contributed by atoms with Crippen molar-refractivity contribution in [3.63, 3.8) is 0 Å². The number of fused-ring (bicyclic) bond motifs is 1. The topological polar surface area (TPSA) is 77.2 Å². The molecule has 1 aliphatic heterocycles. The molecule has 2 aliphatic rings. The summed E-state index contributed by atoms with van der Waals surface area (Å²) in [7, 11) is 0. The minimum absolute atomic E-state index is 0.0327. The lowest BCUT2D eigenvalue weighted by Crippen LogP contribution is -2.46. The highest BCUT2D eigenvalue weighted by Gasteiger charge is 2.39. The Bertz CT molecular complexity index is 796. The van der Waals surface area contributed by atoms with Crippen LogP contribution < -0.4 is 11.1 Å². The molecule has 2 heterocycles. The first-order valence-electron chi connectivity index (χ1n) is 9.37. The molecular weight excluding hydrogens is 346 g/mol. The Kier molecular flexibility index (Phi) is 5.07. The van der Waals surface area contributed by atoms with E-state index in [1.807, 2.05) is 5.38 Å². The molecule has 3 N–H and O–H groups in total. The van der Waals surface area contributed by atoms with Gasteiger partial charge in [-0.25, -0.2) is 4.98 Å². The second-order valence-electron chi connectivity index (χ2n) is 7.28. The van der Waals surface area contributed by atoms with Gasteiger partial charge in [0.1, 0.15) is 0 Å². The number of carbonyl (C=O) groups is 1. The van der Waals surface area contributed by atoms with Crippen LogP contribution in [-0.2, 0) is 22.4 Å². The highest BCUT2D eigenvalue weighted by atomic mass is 32.1. The van der Waals surface area contributed by atoms with Gasteiger partial charge in [0.25, 0.3) is 0 Å². The molecule has 0 saturated carbocycles. The fourth-order valence-electron chi connectivity index (χ4n) is 3.87. The van der Waals surface area contributed by atoms with Gasteiger partial charge in [-0.3, -0.25) is 4.79 Å². The zero-order valence-corrected chi connectivity index (χ0v) is 15.7. The van der Waals surface area contributed by atoms with E-state index >= 15 is 0 Å². The molecule has 1 aromatic carbocycles. The Morgan fingerprint density at radius 1 is 1.23 bits per heavy atom. The summed E-state index contributed by atoms with van der Waals surface area (Å²) in [5.74, 6) is -0.0327. The van der Waals surface area contributed by atoms with E-state index in [1.165, 1.54) is 41.7 Å². The normalized spacial score (nSPS) is 19.0. The lowest BCUT2D eigenvalue weighted by atomic mass is 9.79. The van der Waals surface area contributed by atoms with Crippen LogP contribution in [0.25, 0.3) is 11.3 Å². The van der Waals surface area contributed by atoms with Crippen molar-refractivity contribution in [1.82, 2.24) is 4.98 Å². The van der Waals surface area contributed by atoms with E-state index in [2.05, 4.69) is 28.5 Å². The Morgan fingerprint density at radius 2 is 2.00 bits per heavy atom. The van der Waals surface area contributed by atoms with Crippen LogP contribution >= 0.6 is 11.3 Å². The molecule has 1 fully saturated rings. The maximum absolute atomic E-state index is 12.8. The Balaban J connectivity index is 1.50. The van der Waals surface area contributed by atoms with Crippen LogP contribution in [0.15, 0.2) is 23.6 Å². The molecule has 138 valence electrons. The zero-order chi connectivity index (χ0) is 18.0. The van der Waals surface area contributed by atoms with E-state index in [1.54, 1.807) is 0 Å². The lowest BCUT2D eigenvalue weighted by Gasteiger charge is -2.34. The number of benzene rings is 1. The summed E-state index contributed by atoms with van der Waals surface area (Å²) in [6.45, 7) is 1.51. The summed E-state index contributed by atoms with van der Waals surface area (Å²) in [4.78, 5) is 17.4. The third kappa shape index (κ3) is 3.41. The van der Waals surface area contributed by atoms with Crippen LogP contribution in [0.5, 0.6) is 0 Å². The van der Waals surface area contributed by atoms with Gasteiger partial charge in [0, 0.05) is 30.7 Å². The van der Waals surface area contributed by atoms with Gasteiger partial charge in [0.05, 0.1) is 11.1 Å². The van der Waals surface area contributed by atoms with Gasteiger partial charge < -0.3 is 15.8 Å². The van der Waals surface area contributed by atoms with E-state index in [-0.39, 0.29) is 5.91 Å². The molecule has 5 nitrogen and oxygen atoms in total. The van der Waals surface area contributed by atoms with Crippen molar-refractivity contribution in [3.8, 4) is 11.3 Å². The first-order valence-corrected chi connectivity index (χ1v) is 10.3. The van der Waals surface area contributed by atoms with Gasteiger partial charge in [-0.15, -0.1) is 11.3 Å². The van der Waals surface area contributed by atoms with Crippen LogP contribution in [0.1, 0.15) is 36.8 Å². The molecule has 0 spiro atoms. The molecule has 1 amide bonds. The molecule has 0 radical (unpaired) electrons. The molecule has 4 rings (SSSR count). The standard InChI is InChI=1S/C20H25N3O2S/c21-13-20(7-9-25-10-8-20)18(24)23-19-22-17(12-26-19)16-6-5-14-3-1-2-4-15(14)11-16/h5-6,11-12H,1-4,7-10,13,21H2,(H,22,23,24). The number of aryl methyl sites for hydroxylation is 2.